The first-order valence-corrected chi connectivity index (χ1v) is 6.36. The van der Waals surface area contributed by atoms with Crippen molar-refractivity contribution in [1.82, 2.24) is 10.6 Å². The van der Waals surface area contributed by atoms with E-state index in [1.54, 1.807) is 0 Å². The van der Waals surface area contributed by atoms with Crippen molar-refractivity contribution >= 4 is 23.6 Å². The topological polar surface area (TPSA) is 137 Å². The van der Waals surface area contributed by atoms with Gasteiger partial charge in [-0.05, 0) is 19.1 Å². The molecular formula is C13H15N3O7. The van der Waals surface area contributed by atoms with E-state index in [-0.39, 0.29) is 11.3 Å². The van der Waals surface area contributed by atoms with E-state index in [0.29, 0.717) is 0 Å². The number of nitro benzene ring substituents is 1. The van der Waals surface area contributed by atoms with Crippen LogP contribution in [0, 0.1) is 10.1 Å². The highest BCUT2D eigenvalue weighted by molar-refractivity contribution is 5.98. The molecule has 0 aliphatic carbocycles. The molecule has 3 amide bonds. The number of imide groups is 1. The number of benzene rings is 1. The zero-order valence-corrected chi connectivity index (χ0v) is 12.6. The molecule has 23 heavy (non-hydrogen) atoms. The minimum Gasteiger partial charge on any atom is -0.490 e. The van der Waals surface area contributed by atoms with Crippen molar-refractivity contribution in [2.75, 3.05) is 14.2 Å². The van der Waals surface area contributed by atoms with Crippen molar-refractivity contribution in [3.05, 3.63) is 33.9 Å². The molecule has 0 saturated carbocycles. The molecule has 1 aromatic rings. The van der Waals surface area contributed by atoms with Crippen LogP contribution in [0.5, 0.6) is 5.75 Å². The average molecular weight is 325 g/mol. The summed E-state index contributed by atoms with van der Waals surface area (Å²) in [7, 11) is 2.57. The SMILES string of the molecule is CNC(=O)NC(=O)[C@@H](C)OC(=O)c1ccc(OC)c([N+](=O)[O-])c1. The van der Waals surface area contributed by atoms with Gasteiger partial charge in [0.05, 0.1) is 17.6 Å². The maximum absolute atomic E-state index is 11.9. The van der Waals surface area contributed by atoms with Gasteiger partial charge in [-0.25, -0.2) is 9.59 Å². The van der Waals surface area contributed by atoms with Gasteiger partial charge in [-0.2, -0.15) is 0 Å². The number of carbonyl (C=O) groups excluding carboxylic acids is 3. The Morgan fingerprint density at radius 1 is 1.30 bits per heavy atom. The normalized spacial score (nSPS) is 11.1. The smallest absolute Gasteiger partial charge is 0.339 e. The number of nitrogens with one attached hydrogen (secondary N) is 2. The molecule has 1 rings (SSSR count). The number of ether oxygens (including phenoxy) is 2. The summed E-state index contributed by atoms with van der Waals surface area (Å²) in [5, 5.41) is 15.0. The summed E-state index contributed by atoms with van der Waals surface area (Å²) < 4.78 is 9.67. The molecule has 1 aromatic carbocycles. The van der Waals surface area contributed by atoms with Crippen LogP contribution in [0.25, 0.3) is 0 Å². The fourth-order valence-electron chi connectivity index (χ4n) is 1.52. The molecule has 0 aliphatic heterocycles. The third-order valence-electron chi connectivity index (χ3n) is 2.73. The summed E-state index contributed by atoms with van der Waals surface area (Å²) in [4.78, 5) is 44.7. The number of hydrogen-bond acceptors (Lipinski definition) is 7. The van der Waals surface area contributed by atoms with Gasteiger partial charge in [0.15, 0.2) is 11.9 Å². The van der Waals surface area contributed by atoms with Crippen LogP contribution in [0.15, 0.2) is 18.2 Å². The first-order chi connectivity index (χ1) is 10.8. The van der Waals surface area contributed by atoms with Crippen molar-refractivity contribution in [3.8, 4) is 5.75 Å². The van der Waals surface area contributed by atoms with Crippen LogP contribution in [0.4, 0.5) is 10.5 Å². The molecule has 1 atom stereocenters. The van der Waals surface area contributed by atoms with Crippen molar-refractivity contribution in [2.45, 2.75) is 13.0 Å². The first kappa shape index (κ1) is 17.9. The van der Waals surface area contributed by atoms with E-state index in [2.05, 4.69) is 5.32 Å². The summed E-state index contributed by atoms with van der Waals surface area (Å²) in [6.45, 7) is 1.26. The lowest BCUT2D eigenvalue weighted by molar-refractivity contribution is -0.385. The average Bonchev–Trinajstić information content (AvgIpc) is 2.53. The van der Waals surface area contributed by atoms with E-state index in [0.717, 1.165) is 6.07 Å². The zero-order valence-electron chi connectivity index (χ0n) is 12.6. The number of carbonyl (C=O) groups is 3. The molecule has 0 aliphatic rings. The molecule has 0 unspecified atom stereocenters. The molecule has 10 nitrogen and oxygen atoms in total. The predicted octanol–water partition coefficient (Wildman–Crippen LogP) is 0.604. The van der Waals surface area contributed by atoms with Crippen LogP contribution in [-0.2, 0) is 9.53 Å². The van der Waals surface area contributed by atoms with Crippen molar-refractivity contribution in [2.24, 2.45) is 0 Å². The number of hydrogen-bond donors (Lipinski definition) is 2. The fraction of sp³-hybridized carbons (Fsp3) is 0.308. The van der Waals surface area contributed by atoms with E-state index >= 15 is 0 Å². The summed E-state index contributed by atoms with van der Waals surface area (Å²) in [6.07, 6.45) is -1.26. The molecule has 0 aromatic heterocycles. The van der Waals surface area contributed by atoms with Gasteiger partial charge in [0.2, 0.25) is 0 Å². The molecule has 2 N–H and O–H groups in total. The third-order valence-corrected chi connectivity index (χ3v) is 2.73. The number of amides is 3. The number of rotatable bonds is 5. The predicted molar refractivity (Wildman–Crippen MR) is 77.1 cm³/mol. The number of urea groups is 1. The Kier molecular flexibility index (Phi) is 6.01. The van der Waals surface area contributed by atoms with Gasteiger partial charge in [0.25, 0.3) is 5.91 Å². The van der Waals surface area contributed by atoms with E-state index in [1.807, 2.05) is 5.32 Å². The lowest BCUT2D eigenvalue weighted by atomic mass is 10.2. The van der Waals surface area contributed by atoms with Crippen LogP contribution in [0.2, 0.25) is 0 Å². The summed E-state index contributed by atoms with van der Waals surface area (Å²) >= 11 is 0. The Labute approximate surface area is 130 Å². The molecule has 0 saturated heterocycles. The van der Waals surface area contributed by atoms with Crippen molar-refractivity contribution in [1.29, 1.82) is 0 Å². The summed E-state index contributed by atoms with van der Waals surface area (Å²) in [5.41, 5.74) is -0.540. The van der Waals surface area contributed by atoms with Gasteiger partial charge in [0, 0.05) is 13.1 Å². The second-order valence-corrected chi connectivity index (χ2v) is 4.26. The Hall–Kier alpha value is -3.17. The third kappa shape index (κ3) is 4.66. The second kappa shape index (κ2) is 7.73. The van der Waals surface area contributed by atoms with Crippen molar-refractivity contribution in [3.63, 3.8) is 0 Å². The quantitative estimate of drug-likeness (QED) is 0.459. The second-order valence-electron chi connectivity index (χ2n) is 4.26. The Balaban J connectivity index is 2.86. The Morgan fingerprint density at radius 2 is 1.96 bits per heavy atom. The van der Waals surface area contributed by atoms with Crippen LogP contribution < -0.4 is 15.4 Å². The Bertz CT molecular complexity index is 644. The monoisotopic (exact) mass is 325 g/mol. The lowest BCUT2D eigenvalue weighted by Gasteiger charge is -2.12. The van der Waals surface area contributed by atoms with E-state index in [4.69, 9.17) is 9.47 Å². The highest BCUT2D eigenvalue weighted by atomic mass is 16.6. The molecule has 10 heteroatoms. The molecule has 0 fully saturated rings. The molecule has 0 heterocycles. The number of nitro groups is 1. The van der Waals surface area contributed by atoms with Gasteiger partial charge < -0.3 is 14.8 Å². The van der Waals surface area contributed by atoms with Crippen molar-refractivity contribution < 1.29 is 28.8 Å². The fourth-order valence-corrected chi connectivity index (χ4v) is 1.52. The van der Waals surface area contributed by atoms with E-state index in [9.17, 15) is 24.5 Å². The molecule has 124 valence electrons. The maximum atomic E-state index is 11.9. The molecular weight excluding hydrogens is 310 g/mol. The van der Waals surface area contributed by atoms with Gasteiger partial charge in [-0.15, -0.1) is 0 Å². The van der Waals surface area contributed by atoms with E-state index in [1.165, 1.54) is 33.2 Å². The van der Waals surface area contributed by atoms with Gasteiger partial charge >= 0.3 is 17.7 Å². The van der Waals surface area contributed by atoms with Gasteiger partial charge in [-0.3, -0.25) is 20.2 Å². The zero-order chi connectivity index (χ0) is 17.6. The van der Waals surface area contributed by atoms with Crippen LogP contribution >= 0.6 is 0 Å². The van der Waals surface area contributed by atoms with Gasteiger partial charge in [0.1, 0.15) is 0 Å². The summed E-state index contributed by atoms with van der Waals surface area (Å²) in [5.74, 6) is -1.80. The number of esters is 1. The minimum absolute atomic E-state index is 0.0167. The number of nitrogens with zero attached hydrogens (tertiary/aromatic N) is 1. The lowest BCUT2D eigenvalue weighted by Crippen LogP contribution is -2.43. The standard InChI is InChI=1S/C13H15N3O7/c1-7(11(17)15-13(19)14-2)23-12(18)8-4-5-10(22-3)9(6-8)16(20)21/h4-7H,1-3H3,(H2,14,15,17,19)/t7-/m1/s1. The first-order valence-electron chi connectivity index (χ1n) is 6.36. The van der Waals surface area contributed by atoms with Crippen LogP contribution in [-0.4, -0.2) is 43.1 Å². The molecule has 0 spiro atoms. The summed E-state index contributed by atoms with van der Waals surface area (Å²) in [6, 6.07) is 2.73. The highest BCUT2D eigenvalue weighted by Crippen LogP contribution is 2.27. The molecule has 0 bridgehead atoms. The van der Waals surface area contributed by atoms with Crippen LogP contribution in [0.3, 0.4) is 0 Å². The Morgan fingerprint density at radius 3 is 2.48 bits per heavy atom. The number of methoxy groups -OCH3 is 1. The molecule has 0 radical (unpaired) electrons. The minimum atomic E-state index is -1.26. The largest absolute Gasteiger partial charge is 0.490 e. The van der Waals surface area contributed by atoms with E-state index < -0.39 is 34.6 Å². The maximum Gasteiger partial charge on any atom is 0.339 e. The van der Waals surface area contributed by atoms with Crippen LogP contribution in [0.1, 0.15) is 17.3 Å². The highest BCUT2D eigenvalue weighted by Gasteiger charge is 2.23. The van der Waals surface area contributed by atoms with Gasteiger partial charge in [-0.1, -0.05) is 0 Å².